The van der Waals surface area contributed by atoms with Crippen molar-refractivity contribution >= 4 is 34.8 Å². The maximum atomic E-state index is 14.4. The highest BCUT2D eigenvalue weighted by Gasteiger charge is 2.65. The van der Waals surface area contributed by atoms with Gasteiger partial charge in [0.05, 0.1) is 27.2 Å². The van der Waals surface area contributed by atoms with Gasteiger partial charge in [-0.15, -0.1) is 0 Å². The van der Waals surface area contributed by atoms with Crippen LogP contribution < -0.4 is 14.2 Å². The molecule has 36 heavy (non-hydrogen) atoms. The molecule has 2 aromatic carbocycles. The summed E-state index contributed by atoms with van der Waals surface area (Å²) in [4.78, 5) is 45.5. The third-order valence-electron chi connectivity index (χ3n) is 7.54. The molecule has 188 valence electrons. The molecule has 1 saturated carbocycles. The molecule has 9 heteroatoms. The standard InChI is InChI=1S/C27H26ClNO7/c1-13-10-16-20(15(14-8-6-5-7-9-14)11-17(29-16)26(32)35-4)24(30)27(13)25(31)21-18(33-2)12-19(34-3)22(28)23(21)36-27/h5-9,12-13,15,17,20H,10-11H2,1-4H3/t13-,15?,17?,20?,27+/m1/s1. The Morgan fingerprint density at radius 3 is 2.44 bits per heavy atom. The zero-order valence-corrected chi connectivity index (χ0v) is 21.1. The van der Waals surface area contributed by atoms with Crippen LogP contribution in [0.1, 0.15) is 41.6 Å². The van der Waals surface area contributed by atoms with Crippen LogP contribution in [0, 0.1) is 11.8 Å². The Kier molecular flexibility index (Phi) is 6.03. The number of methoxy groups -OCH3 is 3. The molecule has 1 aliphatic carbocycles. The van der Waals surface area contributed by atoms with E-state index in [1.807, 2.05) is 30.3 Å². The number of rotatable bonds is 4. The fraction of sp³-hybridized carbons (Fsp3) is 0.407. The first kappa shape index (κ1) is 24.3. The summed E-state index contributed by atoms with van der Waals surface area (Å²) in [7, 11) is 4.20. The number of hydrogen-bond donors (Lipinski definition) is 0. The van der Waals surface area contributed by atoms with Crippen molar-refractivity contribution in [2.75, 3.05) is 21.3 Å². The van der Waals surface area contributed by atoms with Crippen molar-refractivity contribution in [2.45, 2.75) is 37.3 Å². The molecule has 0 amide bonds. The molecule has 5 rings (SSSR count). The van der Waals surface area contributed by atoms with Crippen molar-refractivity contribution in [1.82, 2.24) is 0 Å². The van der Waals surface area contributed by atoms with Gasteiger partial charge in [0.1, 0.15) is 28.1 Å². The van der Waals surface area contributed by atoms with Gasteiger partial charge in [-0.2, -0.15) is 0 Å². The Balaban J connectivity index is 1.65. The fourth-order valence-corrected chi connectivity index (χ4v) is 6.05. The number of benzene rings is 2. The number of halogens is 1. The molecule has 0 N–H and O–H groups in total. The van der Waals surface area contributed by atoms with Gasteiger partial charge in [-0.3, -0.25) is 14.6 Å². The molecular weight excluding hydrogens is 486 g/mol. The molecule has 0 bridgehead atoms. The second kappa shape index (κ2) is 8.92. The van der Waals surface area contributed by atoms with Gasteiger partial charge < -0.3 is 18.9 Å². The third-order valence-corrected chi connectivity index (χ3v) is 7.90. The van der Waals surface area contributed by atoms with Gasteiger partial charge in [0.15, 0.2) is 11.5 Å². The first-order valence-electron chi connectivity index (χ1n) is 11.7. The zero-order chi connectivity index (χ0) is 25.8. The van der Waals surface area contributed by atoms with Crippen molar-refractivity contribution < 1.29 is 33.3 Å². The molecular formula is C27H26ClNO7. The number of esters is 1. The van der Waals surface area contributed by atoms with Crippen molar-refractivity contribution in [2.24, 2.45) is 16.8 Å². The summed E-state index contributed by atoms with van der Waals surface area (Å²) in [6.45, 7) is 1.78. The van der Waals surface area contributed by atoms with Gasteiger partial charge in [-0.25, -0.2) is 4.79 Å². The van der Waals surface area contributed by atoms with Crippen LogP contribution in [0.3, 0.4) is 0 Å². The van der Waals surface area contributed by atoms with Crippen LogP contribution in [-0.4, -0.2) is 56.2 Å². The SMILES string of the molecule is COC(=O)C1CC(c2ccccc2)C2C(=O)[C@@]3(Oc4c(Cl)c(OC)cc(OC)c4C3=O)[C@H](C)CC2=N1. The number of carbonyl (C=O) groups excluding carboxylic acids is 3. The maximum absolute atomic E-state index is 14.4. The van der Waals surface area contributed by atoms with Gasteiger partial charge in [0.25, 0.3) is 0 Å². The average Bonchev–Trinajstić information content (AvgIpc) is 3.21. The summed E-state index contributed by atoms with van der Waals surface area (Å²) < 4.78 is 22.0. The van der Waals surface area contributed by atoms with E-state index in [-0.39, 0.29) is 40.2 Å². The lowest BCUT2D eigenvalue weighted by Crippen LogP contribution is -2.62. The summed E-state index contributed by atoms with van der Waals surface area (Å²) in [5, 5.41) is 0.104. The topological polar surface area (TPSA) is 100 Å². The van der Waals surface area contributed by atoms with E-state index in [0.29, 0.717) is 12.1 Å². The Morgan fingerprint density at radius 1 is 1.11 bits per heavy atom. The number of ether oxygens (including phenoxy) is 4. The van der Waals surface area contributed by atoms with E-state index in [9.17, 15) is 14.4 Å². The molecule has 8 nitrogen and oxygen atoms in total. The van der Waals surface area contributed by atoms with Crippen LogP contribution in [0.2, 0.25) is 5.02 Å². The van der Waals surface area contributed by atoms with Crippen molar-refractivity contribution in [1.29, 1.82) is 0 Å². The van der Waals surface area contributed by atoms with Crippen LogP contribution in [0.4, 0.5) is 0 Å². The molecule has 0 radical (unpaired) electrons. The highest BCUT2D eigenvalue weighted by atomic mass is 35.5. The largest absolute Gasteiger partial charge is 0.496 e. The van der Waals surface area contributed by atoms with E-state index in [1.54, 1.807) is 6.92 Å². The van der Waals surface area contributed by atoms with Crippen LogP contribution in [-0.2, 0) is 14.3 Å². The van der Waals surface area contributed by atoms with Crippen LogP contribution in [0.15, 0.2) is 41.4 Å². The van der Waals surface area contributed by atoms with E-state index in [0.717, 1.165) is 5.56 Å². The molecule has 2 aromatic rings. The van der Waals surface area contributed by atoms with Crippen molar-refractivity contribution in [3.63, 3.8) is 0 Å². The molecule has 0 saturated heterocycles. The predicted molar refractivity (Wildman–Crippen MR) is 132 cm³/mol. The van der Waals surface area contributed by atoms with E-state index in [4.69, 9.17) is 30.5 Å². The van der Waals surface area contributed by atoms with Crippen molar-refractivity contribution in [3.05, 3.63) is 52.5 Å². The summed E-state index contributed by atoms with van der Waals surface area (Å²) in [5.74, 6) is -2.45. The fourth-order valence-electron chi connectivity index (χ4n) is 5.79. The normalized spacial score (nSPS) is 28.6. The molecule has 2 aliphatic heterocycles. The lowest BCUT2D eigenvalue weighted by Gasteiger charge is -2.45. The van der Waals surface area contributed by atoms with Crippen LogP contribution in [0.25, 0.3) is 0 Å². The molecule has 1 fully saturated rings. The lowest BCUT2D eigenvalue weighted by molar-refractivity contribution is -0.144. The Morgan fingerprint density at radius 2 is 1.81 bits per heavy atom. The molecule has 0 aromatic heterocycles. The first-order chi connectivity index (χ1) is 17.3. The van der Waals surface area contributed by atoms with Gasteiger partial charge in [0, 0.05) is 23.6 Å². The second-order valence-corrected chi connectivity index (χ2v) is 9.70. The molecule has 3 aliphatic rings. The minimum Gasteiger partial charge on any atom is -0.496 e. The van der Waals surface area contributed by atoms with E-state index in [1.165, 1.54) is 27.4 Å². The number of aliphatic imine (C=N–C) groups is 1. The van der Waals surface area contributed by atoms with Gasteiger partial charge in [-0.1, -0.05) is 48.9 Å². The minimum atomic E-state index is -1.79. The first-order valence-corrected chi connectivity index (χ1v) is 12.1. The van der Waals surface area contributed by atoms with Gasteiger partial charge in [-0.05, 0) is 18.4 Å². The lowest BCUT2D eigenvalue weighted by atomic mass is 9.61. The zero-order valence-electron chi connectivity index (χ0n) is 20.4. The number of Topliss-reactive ketones (excluding diaryl/α,β-unsaturated/α-hetero) is 2. The third kappa shape index (κ3) is 3.34. The van der Waals surface area contributed by atoms with Crippen molar-refractivity contribution in [3.8, 4) is 17.2 Å². The summed E-state index contributed by atoms with van der Waals surface area (Å²) in [6.07, 6.45) is 0.574. The number of hydrogen-bond acceptors (Lipinski definition) is 8. The van der Waals surface area contributed by atoms with Gasteiger partial charge >= 0.3 is 5.97 Å². The molecule has 5 atom stereocenters. The van der Waals surface area contributed by atoms with E-state index < -0.39 is 41.0 Å². The van der Waals surface area contributed by atoms with E-state index in [2.05, 4.69) is 4.99 Å². The minimum absolute atomic E-state index is 0.0814. The van der Waals surface area contributed by atoms with E-state index >= 15 is 0 Å². The Labute approximate surface area is 213 Å². The molecule has 1 spiro atoms. The Bertz CT molecular complexity index is 1290. The number of fused-ring (bicyclic) bond motifs is 2. The monoisotopic (exact) mass is 511 g/mol. The number of carbonyl (C=O) groups is 3. The average molecular weight is 512 g/mol. The predicted octanol–water partition coefficient (Wildman–Crippen LogP) is 4.07. The Hall–Kier alpha value is -3.39. The highest BCUT2D eigenvalue weighted by Crippen LogP contribution is 2.55. The summed E-state index contributed by atoms with van der Waals surface area (Å²) in [5.41, 5.74) is -0.206. The number of ketones is 2. The van der Waals surface area contributed by atoms with Gasteiger partial charge in [0.2, 0.25) is 11.4 Å². The summed E-state index contributed by atoms with van der Waals surface area (Å²) in [6, 6.07) is 10.3. The maximum Gasteiger partial charge on any atom is 0.330 e. The quantitative estimate of drug-likeness (QED) is 0.450. The van der Waals surface area contributed by atoms with Crippen LogP contribution >= 0.6 is 11.6 Å². The molecule has 3 unspecified atom stereocenters. The second-order valence-electron chi connectivity index (χ2n) is 9.33. The number of nitrogens with zero attached hydrogens (tertiary/aromatic N) is 1. The molecule has 2 heterocycles. The summed E-state index contributed by atoms with van der Waals surface area (Å²) >= 11 is 6.53. The highest BCUT2D eigenvalue weighted by molar-refractivity contribution is 6.36. The smallest absolute Gasteiger partial charge is 0.330 e. The van der Waals surface area contributed by atoms with Crippen LogP contribution in [0.5, 0.6) is 17.2 Å².